The summed E-state index contributed by atoms with van der Waals surface area (Å²) in [4.78, 5) is 0. The molecule has 0 spiro atoms. The third-order valence-electron chi connectivity index (χ3n) is 2.86. The van der Waals surface area contributed by atoms with E-state index in [2.05, 4.69) is 42.9 Å². The molecular weight excluding hydrogens is 287 g/mol. The second-order valence-corrected chi connectivity index (χ2v) is 8.93. The van der Waals surface area contributed by atoms with Gasteiger partial charge in [0, 0.05) is 0 Å². The van der Waals surface area contributed by atoms with Crippen LogP contribution in [0.4, 0.5) is 4.39 Å². The maximum absolute atomic E-state index is 13.6. The second kappa shape index (κ2) is 5.32. The number of benzene rings is 1. The molecule has 0 heterocycles. The molecule has 0 aromatic heterocycles. The number of ether oxygens (including phenoxy) is 1. The van der Waals surface area contributed by atoms with Crippen molar-refractivity contribution in [2.75, 3.05) is 6.61 Å². The van der Waals surface area contributed by atoms with Crippen LogP contribution in [0.1, 0.15) is 13.8 Å². The number of hydrogen-bond acceptors (Lipinski definition) is 1. The van der Waals surface area contributed by atoms with E-state index < -0.39 is 8.80 Å². The highest BCUT2D eigenvalue weighted by molar-refractivity contribution is 9.10. The Kier molecular flexibility index (Phi) is 4.56. The molecule has 0 saturated carbocycles. The van der Waals surface area contributed by atoms with E-state index in [4.69, 9.17) is 4.74 Å². The van der Waals surface area contributed by atoms with Crippen LogP contribution in [0, 0.1) is 5.82 Å². The van der Waals surface area contributed by atoms with Crippen LogP contribution in [0.3, 0.4) is 0 Å². The summed E-state index contributed by atoms with van der Waals surface area (Å²) in [6, 6.07) is 5.11. The zero-order valence-electron chi connectivity index (χ0n) is 10.1. The minimum atomic E-state index is -0.462. The Morgan fingerprint density at radius 3 is 2.56 bits per heavy atom. The minimum absolute atomic E-state index is 0.138. The Balaban J connectivity index is 2.72. The van der Waals surface area contributed by atoms with Crippen molar-refractivity contribution in [3.63, 3.8) is 0 Å². The van der Waals surface area contributed by atoms with Crippen LogP contribution in [0.2, 0.25) is 18.1 Å². The van der Waals surface area contributed by atoms with Gasteiger partial charge in [0.1, 0.15) is 0 Å². The summed E-state index contributed by atoms with van der Waals surface area (Å²) in [6.45, 7) is 9.37. The van der Waals surface area contributed by atoms with Gasteiger partial charge in [0.25, 0.3) is 0 Å². The largest absolute Gasteiger partial charge is 0.490 e. The summed E-state index contributed by atoms with van der Waals surface area (Å²) in [5.41, 5.74) is 0. The smallest absolute Gasteiger partial charge is 0.179 e. The molecule has 0 aliphatic heterocycles. The van der Waals surface area contributed by atoms with Crippen molar-refractivity contribution in [3.8, 4) is 5.75 Å². The highest BCUT2D eigenvalue weighted by Gasteiger charge is 2.25. The first-order valence-electron chi connectivity index (χ1n) is 5.22. The molecule has 0 aliphatic rings. The highest BCUT2D eigenvalue weighted by atomic mass is 79.9. The van der Waals surface area contributed by atoms with Crippen LogP contribution in [0.25, 0.3) is 0 Å². The maximum atomic E-state index is 13.6. The lowest BCUT2D eigenvalue weighted by atomic mass is 10.2. The molecule has 0 saturated heterocycles. The molecule has 1 rings (SSSR count). The lowest BCUT2D eigenvalue weighted by Gasteiger charge is -2.27. The fourth-order valence-electron chi connectivity index (χ4n) is 0.998. The van der Waals surface area contributed by atoms with Gasteiger partial charge in [0.15, 0.2) is 11.6 Å². The Hall–Kier alpha value is -0.353. The van der Waals surface area contributed by atoms with Gasteiger partial charge in [0.2, 0.25) is 0 Å². The quantitative estimate of drug-likeness (QED) is 0.744. The normalized spacial score (nSPS) is 11.9. The van der Waals surface area contributed by atoms with E-state index in [1.807, 2.05) is 0 Å². The molecule has 0 amide bonds. The molecule has 0 unspecified atom stereocenters. The zero-order valence-corrected chi connectivity index (χ0v) is 12.7. The van der Waals surface area contributed by atoms with Gasteiger partial charge in [-0.2, -0.15) is 0 Å². The predicted octanol–water partition coefficient (Wildman–Crippen LogP) is 4.50. The van der Waals surface area contributed by atoms with Crippen LogP contribution in [0.15, 0.2) is 22.7 Å². The molecule has 1 aromatic carbocycles. The van der Waals surface area contributed by atoms with Crippen molar-refractivity contribution in [1.82, 2.24) is 0 Å². The van der Waals surface area contributed by atoms with E-state index in [9.17, 15) is 4.39 Å². The average molecular weight is 304 g/mol. The fourth-order valence-corrected chi connectivity index (χ4v) is 1.71. The van der Waals surface area contributed by atoms with Crippen molar-refractivity contribution in [2.45, 2.75) is 32.0 Å². The van der Waals surface area contributed by atoms with Crippen molar-refractivity contribution in [1.29, 1.82) is 0 Å². The summed E-state index contributed by atoms with van der Waals surface area (Å²) < 4.78 is 19.6. The first-order valence-corrected chi connectivity index (χ1v) is 8.51. The third-order valence-corrected chi connectivity index (χ3v) is 6.32. The first kappa shape index (κ1) is 13.7. The van der Waals surface area contributed by atoms with Crippen LogP contribution in [-0.4, -0.2) is 15.4 Å². The van der Waals surface area contributed by atoms with Crippen molar-refractivity contribution >= 4 is 24.7 Å². The van der Waals surface area contributed by atoms with E-state index in [0.717, 1.165) is 0 Å². The SMILES string of the molecule is C[Si](C)C(C)(C)COc1cccc(Br)c1F. The van der Waals surface area contributed by atoms with Gasteiger partial charge in [0.05, 0.1) is 19.9 Å². The minimum Gasteiger partial charge on any atom is -0.490 e. The summed E-state index contributed by atoms with van der Waals surface area (Å²) >= 11 is 3.15. The molecule has 4 heteroatoms. The molecule has 1 radical (unpaired) electrons. The zero-order chi connectivity index (χ0) is 12.3. The Morgan fingerprint density at radius 1 is 1.38 bits per heavy atom. The molecule has 1 aromatic rings. The Labute approximate surface area is 107 Å². The number of hydrogen-bond donors (Lipinski definition) is 0. The van der Waals surface area contributed by atoms with E-state index in [-0.39, 0.29) is 10.9 Å². The van der Waals surface area contributed by atoms with Crippen molar-refractivity contribution in [2.24, 2.45) is 0 Å². The molecule has 0 aliphatic carbocycles. The molecule has 0 bridgehead atoms. The fraction of sp³-hybridized carbons (Fsp3) is 0.500. The van der Waals surface area contributed by atoms with Gasteiger partial charge in [-0.3, -0.25) is 0 Å². The molecule has 0 N–H and O–H groups in total. The standard InChI is InChI=1S/C12H17BrFOSi/c1-12(2,16(3)4)8-15-10-7-5-6-9(13)11(10)14/h5-7H,8H2,1-4H3. The molecule has 0 atom stereocenters. The lowest BCUT2D eigenvalue weighted by molar-refractivity contribution is 0.264. The van der Waals surface area contributed by atoms with Gasteiger partial charge in [-0.1, -0.05) is 33.0 Å². The van der Waals surface area contributed by atoms with Gasteiger partial charge in [-0.15, -0.1) is 0 Å². The lowest BCUT2D eigenvalue weighted by Crippen LogP contribution is -2.27. The van der Waals surface area contributed by atoms with Crippen molar-refractivity contribution < 1.29 is 9.13 Å². The third kappa shape index (κ3) is 3.32. The van der Waals surface area contributed by atoms with E-state index in [1.54, 1.807) is 18.2 Å². The second-order valence-electron chi connectivity index (χ2n) is 4.72. The van der Waals surface area contributed by atoms with Gasteiger partial charge in [-0.05, 0) is 33.1 Å². The van der Waals surface area contributed by atoms with Gasteiger partial charge >= 0.3 is 0 Å². The van der Waals surface area contributed by atoms with Crippen molar-refractivity contribution in [3.05, 3.63) is 28.5 Å². The van der Waals surface area contributed by atoms with E-state index in [1.165, 1.54) is 0 Å². The molecule has 16 heavy (non-hydrogen) atoms. The molecular formula is C12H17BrFOSi. The summed E-state index contributed by atoms with van der Waals surface area (Å²) in [7, 11) is -0.462. The highest BCUT2D eigenvalue weighted by Crippen LogP contribution is 2.31. The average Bonchev–Trinajstić information content (AvgIpc) is 2.20. The van der Waals surface area contributed by atoms with Gasteiger partial charge < -0.3 is 4.74 Å². The monoisotopic (exact) mass is 303 g/mol. The summed E-state index contributed by atoms with van der Waals surface area (Å²) in [5, 5.41) is 0.138. The Bertz CT molecular complexity index is 366. The number of halogens is 2. The first-order chi connectivity index (χ1) is 7.34. The van der Waals surface area contributed by atoms with Crippen LogP contribution in [0.5, 0.6) is 5.75 Å². The van der Waals surface area contributed by atoms with Crippen LogP contribution < -0.4 is 4.74 Å². The Morgan fingerprint density at radius 2 is 2.00 bits per heavy atom. The van der Waals surface area contributed by atoms with E-state index in [0.29, 0.717) is 16.8 Å². The molecule has 1 nitrogen and oxygen atoms in total. The van der Waals surface area contributed by atoms with Crippen LogP contribution in [-0.2, 0) is 0 Å². The summed E-state index contributed by atoms with van der Waals surface area (Å²) in [5.74, 6) is 0.00461. The summed E-state index contributed by atoms with van der Waals surface area (Å²) in [6.07, 6.45) is 0. The van der Waals surface area contributed by atoms with Gasteiger partial charge in [-0.25, -0.2) is 4.39 Å². The van der Waals surface area contributed by atoms with E-state index >= 15 is 0 Å². The molecule has 89 valence electrons. The maximum Gasteiger partial charge on any atom is 0.179 e. The topological polar surface area (TPSA) is 9.23 Å². The number of rotatable bonds is 4. The predicted molar refractivity (Wildman–Crippen MR) is 71.1 cm³/mol. The van der Waals surface area contributed by atoms with Crippen LogP contribution >= 0.6 is 15.9 Å². The molecule has 0 fully saturated rings.